The first-order valence-corrected chi connectivity index (χ1v) is 8.83. The molecule has 5 heteroatoms. The summed E-state index contributed by atoms with van der Waals surface area (Å²) in [5, 5.41) is 14.6. The van der Waals surface area contributed by atoms with Gasteiger partial charge in [0.05, 0.1) is 19.1 Å². The molecule has 2 N–H and O–H groups in total. The molecule has 3 rings (SSSR count). The normalized spacial score (nSPS) is 40.9. The quantitative estimate of drug-likeness (QED) is 0.697. The monoisotopic (exact) mass is 308 g/mol. The summed E-state index contributed by atoms with van der Waals surface area (Å²) in [5.74, 6) is -1.53. The average Bonchev–Trinajstić information content (AvgIpc) is 3.08. The van der Waals surface area contributed by atoms with E-state index in [0.29, 0.717) is 6.04 Å². The Labute approximate surface area is 132 Å². The number of carboxylic acid groups (broad SMARTS) is 1. The Kier molecular flexibility index (Phi) is 4.44. The molecule has 3 aliphatic rings. The maximum Gasteiger partial charge on any atom is 0.224 e. The van der Waals surface area contributed by atoms with E-state index >= 15 is 0 Å². The van der Waals surface area contributed by atoms with Crippen molar-refractivity contribution >= 4 is 11.9 Å². The smallest absolute Gasteiger partial charge is 0.224 e. The molecule has 2 saturated carbocycles. The molecule has 124 valence electrons. The fourth-order valence-corrected chi connectivity index (χ4v) is 5.02. The molecule has 0 aromatic carbocycles. The van der Waals surface area contributed by atoms with Crippen molar-refractivity contribution in [3.63, 3.8) is 0 Å². The number of piperidine rings is 1. The number of aliphatic carboxylic acids is 1. The van der Waals surface area contributed by atoms with Gasteiger partial charge in [0.15, 0.2) is 0 Å². The van der Waals surface area contributed by atoms with Crippen LogP contribution in [-0.4, -0.2) is 37.0 Å². The Hall–Kier alpha value is -1.10. The van der Waals surface area contributed by atoms with E-state index in [2.05, 4.69) is 19.2 Å². The van der Waals surface area contributed by atoms with Crippen LogP contribution in [0.15, 0.2) is 0 Å². The molecule has 22 heavy (non-hydrogen) atoms. The number of carbonyl (C=O) groups is 2. The van der Waals surface area contributed by atoms with Gasteiger partial charge in [-0.25, -0.2) is 0 Å². The number of hydrogen-bond donors (Lipinski definition) is 2. The lowest BCUT2D eigenvalue weighted by Crippen LogP contribution is -3.16. The third kappa shape index (κ3) is 2.87. The highest BCUT2D eigenvalue weighted by atomic mass is 16.4. The maximum absolute atomic E-state index is 12.6. The maximum atomic E-state index is 12.6. The fourth-order valence-electron chi connectivity index (χ4n) is 5.02. The topological polar surface area (TPSA) is 73.7 Å². The third-order valence-corrected chi connectivity index (χ3v) is 6.28. The zero-order chi connectivity index (χ0) is 15.9. The van der Waals surface area contributed by atoms with E-state index < -0.39 is 11.9 Å². The van der Waals surface area contributed by atoms with Crippen LogP contribution in [0.5, 0.6) is 0 Å². The molecule has 0 aromatic rings. The molecule has 1 amide bonds. The molecule has 2 bridgehead atoms. The zero-order valence-corrected chi connectivity index (χ0v) is 13.6. The predicted molar refractivity (Wildman–Crippen MR) is 79.8 cm³/mol. The Morgan fingerprint density at radius 1 is 1.05 bits per heavy atom. The van der Waals surface area contributed by atoms with Gasteiger partial charge in [-0.2, -0.15) is 0 Å². The van der Waals surface area contributed by atoms with Crippen LogP contribution < -0.4 is 15.3 Å². The van der Waals surface area contributed by atoms with E-state index in [1.807, 2.05) is 0 Å². The predicted octanol–water partition coefficient (Wildman–Crippen LogP) is -1.03. The summed E-state index contributed by atoms with van der Waals surface area (Å²) in [6.07, 6.45) is 4.84. The van der Waals surface area contributed by atoms with Gasteiger partial charge in [0.25, 0.3) is 0 Å². The van der Waals surface area contributed by atoms with Crippen molar-refractivity contribution in [2.75, 3.05) is 13.1 Å². The summed E-state index contributed by atoms with van der Waals surface area (Å²) >= 11 is 0. The molecule has 0 unspecified atom stereocenters. The summed E-state index contributed by atoms with van der Waals surface area (Å²) in [6.45, 7) is 6.63. The minimum atomic E-state index is -1.02. The number of likely N-dealkylation sites (tertiary alicyclic amines) is 1. The minimum Gasteiger partial charge on any atom is -0.550 e. The molecular formula is C17H28N2O3. The molecule has 4 atom stereocenters. The molecule has 0 aromatic heterocycles. The number of rotatable bonds is 4. The summed E-state index contributed by atoms with van der Waals surface area (Å²) in [7, 11) is 0. The van der Waals surface area contributed by atoms with Crippen LogP contribution in [0.3, 0.4) is 0 Å². The first-order chi connectivity index (χ1) is 10.5. The molecule has 1 saturated heterocycles. The number of amides is 1. The van der Waals surface area contributed by atoms with Crippen LogP contribution in [-0.2, 0) is 9.59 Å². The van der Waals surface area contributed by atoms with Gasteiger partial charge in [0.1, 0.15) is 0 Å². The van der Waals surface area contributed by atoms with Crippen molar-refractivity contribution in [1.82, 2.24) is 5.32 Å². The summed E-state index contributed by atoms with van der Waals surface area (Å²) < 4.78 is 0. The standard InChI is InChI=1S/C17H28N2O3/c1-10(2)19-7-5-13(6-8-19)18-16(20)14-11-3-4-12(9-11)15(14)17(21)22/h10-15H,3-9H2,1-2H3,(H,18,20)(H,21,22)/t11-,12-,14+,15-/m0/s1. The fraction of sp³-hybridized carbons (Fsp3) is 0.882. The van der Waals surface area contributed by atoms with Crippen LogP contribution in [0, 0.1) is 23.7 Å². The first-order valence-electron chi connectivity index (χ1n) is 8.83. The number of nitrogens with one attached hydrogen (secondary N) is 2. The zero-order valence-electron chi connectivity index (χ0n) is 13.6. The SMILES string of the molecule is CC(C)[NH+]1CCC(NC(=O)[C@@H]2[C@H]3CC[C@@H](C3)[C@@H]2C(=O)[O-])CC1. The van der Waals surface area contributed by atoms with Gasteiger partial charge in [0.2, 0.25) is 5.91 Å². The van der Waals surface area contributed by atoms with E-state index in [4.69, 9.17) is 0 Å². The van der Waals surface area contributed by atoms with E-state index in [9.17, 15) is 14.7 Å². The molecule has 1 heterocycles. The number of fused-ring (bicyclic) bond motifs is 2. The molecule has 0 radical (unpaired) electrons. The van der Waals surface area contributed by atoms with Crippen molar-refractivity contribution in [2.45, 2.75) is 58.0 Å². The van der Waals surface area contributed by atoms with Crippen LogP contribution in [0.25, 0.3) is 0 Å². The molecule has 0 spiro atoms. The molecule has 1 aliphatic heterocycles. The number of quaternary nitrogens is 1. The molecule has 2 aliphatic carbocycles. The van der Waals surface area contributed by atoms with Gasteiger partial charge in [-0.15, -0.1) is 0 Å². The van der Waals surface area contributed by atoms with Crippen molar-refractivity contribution in [2.24, 2.45) is 23.7 Å². The van der Waals surface area contributed by atoms with Gasteiger partial charge < -0.3 is 20.1 Å². The highest BCUT2D eigenvalue weighted by Crippen LogP contribution is 2.52. The van der Waals surface area contributed by atoms with E-state index in [1.165, 1.54) is 0 Å². The van der Waals surface area contributed by atoms with Gasteiger partial charge in [-0.1, -0.05) is 0 Å². The van der Waals surface area contributed by atoms with Gasteiger partial charge >= 0.3 is 0 Å². The average molecular weight is 308 g/mol. The van der Waals surface area contributed by atoms with Crippen molar-refractivity contribution in [3.05, 3.63) is 0 Å². The van der Waals surface area contributed by atoms with Crippen LogP contribution >= 0.6 is 0 Å². The van der Waals surface area contributed by atoms with Crippen LogP contribution in [0.4, 0.5) is 0 Å². The highest BCUT2D eigenvalue weighted by molar-refractivity contribution is 5.85. The van der Waals surface area contributed by atoms with Crippen molar-refractivity contribution in [1.29, 1.82) is 0 Å². The molecule has 5 nitrogen and oxygen atoms in total. The van der Waals surface area contributed by atoms with E-state index in [-0.39, 0.29) is 29.7 Å². The lowest BCUT2D eigenvalue weighted by molar-refractivity contribution is -0.926. The van der Waals surface area contributed by atoms with Gasteiger partial charge in [0, 0.05) is 36.7 Å². The summed E-state index contributed by atoms with van der Waals surface area (Å²) in [5.41, 5.74) is 0. The second-order valence-electron chi connectivity index (χ2n) is 7.80. The van der Waals surface area contributed by atoms with Gasteiger partial charge in [-0.05, 0) is 44.9 Å². The Morgan fingerprint density at radius 3 is 2.18 bits per heavy atom. The molecule has 3 fully saturated rings. The van der Waals surface area contributed by atoms with Crippen LogP contribution in [0.1, 0.15) is 46.0 Å². The highest BCUT2D eigenvalue weighted by Gasteiger charge is 2.51. The number of hydrogen-bond acceptors (Lipinski definition) is 3. The minimum absolute atomic E-state index is 0.0283. The third-order valence-electron chi connectivity index (χ3n) is 6.28. The van der Waals surface area contributed by atoms with E-state index in [1.54, 1.807) is 4.90 Å². The van der Waals surface area contributed by atoms with Crippen LogP contribution in [0.2, 0.25) is 0 Å². The van der Waals surface area contributed by atoms with Crippen molar-refractivity contribution < 1.29 is 19.6 Å². The first kappa shape index (κ1) is 15.8. The Balaban J connectivity index is 1.57. The number of carboxylic acids is 1. The lowest BCUT2D eigenvalue weighted by atomic mass is 9.78. The Morgan fingerprint density at radius 2 is 1.64 bits per heavy atom. The molecular weight excluding hydrogens is 280 g/mol. The Bertz CT molecular complexity index is 443. The second-order valence-corrected chi connectivity index (χ2v) is 7.80. The largest absolute Gasteiger partial charge is 0.550 e. The van der Waals surface area contributed by atoms with Crippen molar-refractivity contribution in [3.8, 4) is 0 Å². The van der Waals surface area contributed by atoms with Gasteiger partial charge in [-0.3, -0.25) is 4.79 Å². The summed E-state index contributed by atoms with van der Waals surface area (Å²) in [4.78, 5) is 25.6. The second kappa shape index (κ2) is 6.19. The number of carbonyl (C=O) groups excluding carboxylic acids is 2. The summed E-state index contributed by atoms with van der Waals surface area (Å²) in [6, 6.07) is 0.848. The lowest BCUT2D eigenvalue weighted by Gasteiger charge is -2.35. The van der Waals surface area contributed by atoms with E-state index in [0.717, 1.165) is 45.2 Å².